The molecule has 0 spiro atoms. The Bertz CT molecular complexity index is 1030. The molecule has 156 valence electrons. The molecule has 8 nitrogen and oxygen atoms in total. The van der Waals surface area contributed by atoms with Gasteiger partial charge in [0.05, 0.1) is 21.6 Å². The Labute approximate surface area is 171 Å². The minimum atomic E-state index is -3.88. The molecule has 0 saturated heterocycles. The van der Waals surface area contributed by atoms with E-state index in [1.165, 1.54) is 48.0 Å². The molecule has 1 aromatic heterocycles. The van der Waals surface area contributed by atoms with E-state index in [-0.39, 0.29) is 11.4 Å². The SMILES string of the molecule is CN(CC(O)c1ccc(F)cc1)S(=O)(=O)c1csc2c1CCCC2=NOC(N)=O. The second-order valence-electron chi connectivity index (χ2n) is 6.56. The lowest BCUT2D eigenvalue weighted by Crippen LogP contribution is -2.31. The van der Waals surface area contributed by atoms with Crippen molar-refractivity contribution in [2.45, 2.75) is 30.3 Å². The summed E-state index contributed by atoms with van der Waals surface area (Å²) in [5, 5.41) is 15.6. The van der Waals surface area contributed by atoms with Gasteiger partial charge in [0.2, 0.25) is 10.0 Å². The van der Waals surface area contributed by atoms with E-state index in [1.807, 2.05) is 0 Å². The maximum Gasteiger partial charge on any atom is 0.430 e. The van der Waals surface area contributed by atoms with E-state index in [9.17, 15) is 22.7 Å². The number of sulfonamides is 1. The van der Waals surface area contributed by atoms with Crippen LogP contribution in [0.2, 0.25) is 0 Å². The van der Waals surface area contributed by atoms with Gasteiger partial charge >= 0.3 is 6.09 Å². The monoisotopic (exact) mass is 441 g/mol. The van der Waals surface area contributed by atoms with E-state index in [0.717, 1.165) is 4.31 Å². The molecule has 2 aromatic rings. The highest BCUT2D eigenvalue weighted by Crippen LogP contribution is 2.35. The van der Waals surface area contributed by atoms with Gasteiger partial charge in [-0.3, -0.25) is 4.84 Å². The van der Waals surface area contributed by atoms with Crippen LogP contribution in [0.15, 0.2) is 39.7 Å². The summed E-state index contributed by atoms with van der Waals surface area (Å²) in [5.41, 5.74) is 6.43. The summed E-state index contributed by atoms with van der Waals surface area (Å²) < 4.78 is 40.3. The number of nitrogens with two attached hydrogens (primary N) is 1. The Balaban J connectivity index is 1.83. The van der Waals surface area contributed by atoms with Gasteiger partial charge in [-0.1, -0.05) is 17.3 Å². The van der Waals surface area contributed by atoms with Gasteiger partial charge in [-0.25, -0.2) is 17.6 Å². The number of fused-ring (bicyclic) bond motifs is 1. The highest BCUT2D eigenvalue weighted by Gasteiger charge is 2.31. The molecule has 0 bridgehead atoms. The van der Waals surface area contributed by atoms with E-state index >= 15 is 0 Å². The molecule has 1 unspecified atom stereocenters. The van der Waals surface area contributed by atoms with Crippen molar-refractivity contribution in [1.82, 2.24) is 4.31 Å². The summed E-state index contributed by atoms with van der Waals surface area (Å²) >= 11 is 1.20. The fraction of sp³-hybridized carbons (Fsp3) is 0.333. The minimum absolute atomic E-state index is 0.137. The van der Waals surface area contributed by atoms with E-state index in [0.29, 0.717) is 41.0 Å². The maximum absolute atomic E-state index is 13.1. The minimum Gasteiger partial charge on any atom is -0.387 e. The van der Waals surface area contributed by atoms with Crippen molar-refractivity contribution in [3.8, 4) is 0 Å². The summed E-state index contributed by atoms with van der Waals surface area (Å²) in [7, 11) is -2.51. The van der Waals surface area contributed by atoms with Gasteiger partial charge in [0, 0.05) is 19.0 Å². The Hall–Kier alpha value is -2.34. The van der Waals surface area contributed by atoms with Crippen molar-refractivity contribution in [3.63, 3.8) is 0 Å². The Kier molecular flexibility index (Phi) is 6.32. The first kappa shape index (κ1) is 21.4. The lowest BCUT2D eigenvalue weighted by atomic mass is 9.98. The van der Waals surface area contributed by atoms with Gasteiger partial charge in [-0.15, -0.1) is 11.3 Å². The molecule has 3 N–H and O–H groups in total. The number of carbonyl (C=O) groups is 1. The van der Waals surface area contributed by atoms with Crippen molar-refractivity contribution in [2.24, 2.45) is 10.9 Å². The van der Waals surface area contributed by atoms with E-state index < -0.39 is 28.0 Å². The predicted octanol–water partition coefficient (Wildman–Crippen LogP) is 2.38. The zero-order valence-electron chi connectivity index (χ0n) is 15.5. The molecule has 1 aliphatic rings. The second-order valence-corrected chi connectivity index (χ2v) is 9.46. The third-order valence-electron chi connectivity index (χ3n) is 4.58. The number of amides is 1. The fourth-order valence-electron chi connectivity index (χ4n) is 3.10. The second kappa shape index (κ2) is 8.57. The first-order chi connectivity index (χ1) is 13.7. The number of aliphatic hydroxyl groups excluding tert-OH is 1. The molecular formula is C18H20FN3O5S2. The van der Waals surface area contributed by atoms with Crippen molar-refractivity contribution in [3.05, 3.63) is 51.5 Å². The number of hydrogen-bond donors (Lipinski definition) is 2. The lowest BCUT2D eigenvalue weighted by Gasteiger charge is -2.22. The Morgan fingerprint density at radius 3 is 2.72 bits per heavy atom. The molecule has 11 heteroatoms. The summed E-state index contributed by atoms with van der Waals surface area (Å²) in [6, 6.07) is 5.23. The van der Waals surface area contributed by atoms with Crippen LogP contribution in [0.1, 0.15) is 34.9 Å². The molecule has 1 aliphatic carbocycles. The number of primary amides is 1. The smallest absolute Gasteiger partial charge is 0.387 e. The average Bonchev–Trinajstić information content (AvgIpc) is 3.12. The van der Waals surface area contributed by atoms with Gasteiger partial charge < -0.3 is 10.8 Å². The first-order valence-electron chi connectivity index (χ1n) is 8.74. The van der Waals surface area contributed by atoms with Crippen molar-refractivity contribution < 1.29 is 27.5 Å². The van der Waals surface area contributed by atoms with Crippen LogP contribution in [0.5, 0.6) is 0 Å². The number of rotatable bonds is 6. The van der Waals surface area contributed by atoms with Gasteiger partial charge in [-0.2, -0.15) is 4.31 Å². The lowest BCUT2D eigenvalue weighted by molar-refractivity contribution is 0.155. The molecule has 1 amide bonds. The number of benzene rings is 1. The van der Waals surface area contributed by atoms with Gasteiger partial charge in [0.25, 0.3) is 0 Å². The van der Waals surface area contributed by atoms with Crippen LogP contribution < -0.4 is 5.73 Å². The van der Waals surface area contributed by atoms with Gasteiger partial charge in [0.1, 0.15) is 5.82 Å². The number of oxime groups is 1. The maximum atomic E-state index is 13.1. The highest BCUT2D eigenvalue weighted by molar-refractivity contribution is 7.89. The summed E-state index contributed by atoms with van der Waals surface area (Å²) in [5.74, 6) is -0.440. The molecule has 0 fully saturated rings. The topological polar surface area (TPSA) is 122 Å². The van der Waals surface area contributed by atoms with Crippen molar-refractivity contribution >= 4 is 33.2 Å². The van der Waals surface area contributed by atoms with E-state index in [4.69, 9.17) is 5.73 Å². The molecule has 1 aromatic carbocycles. The number of likely N-dealkylation sites (N-methyl/N-ethyl adjacent to an activating group) is 1. The van der Waals surface area contributed by atoms with Crippen LogP contribution in [0.3, 0.4) is 0 Å². The first-order valence-corrected chi connectivity index (χ1v) is 11.1. The number of halogens is 1. The van der Waals surface area contributed by atoms with Crippen LogP contribution in [0.25, 0.3) is 0 Å². The summed E-state index contributed by atoms with van der Waals surface area (Å²) in [6.45, 7) is -0.190. The molecule has 29 heavy (non-hydrogen) atoms. The van der Waals surface area contributed by atoms with Crippen LogP contribution in [-0.2, 0) is 21.3 Å². The molecular weight excluding hydrogens is 421 g/mol. The number of aliphatic hydroxyl groups is 1. The molecule has 3 rings (SSSR count). The predicted molar refractivity (Wildman–Crippen MR) is 106 cm³/mol. The number of thiophene rings is 1. The van der Waals surface area contributed by atoms with E-state index in [2.05, 4.69) is 9.99 Å². The summed E-state index contributed by atoms with van der Waals surface area (Å²) in [4.78, 5) is 16.1. The van der Waals surface area contributed by atoms with Crippen molar-refractivity contribution in [1.29, 1.82) is 0 Å². The average molecular weight is 442 g/mol. The normalized spacial score (nSPS) is 16.6. The van der Waals surface area contributed by atoms with Gasteiger partial charge in [-0.05, 0) is 42.5 Å². The third-order valence-corrected chi connectivity index (χ3v) is 7.69. The van der Waals surface area contributed by atoms with Crippen LogP contribution in [0.4, 0.5) is 9.18 Å². The largest absolute Gasteiger partial charge is 0.430 e. The molecule has 0 saturated carbocycles. The van der Waals surface area contributed by atoms with Crippen molar-refractivity contribution in [2.75, 3.05) is 13.6 Å². The molecule has 1 atom stereocenters. The van der Waals surface area contributed by atoms with Gasteiger partial charge in [0.15, 0.2) is 0 Å². The third kappa shape index (κ3) is 4.64. The Morgan fingerprint density at radius 1 is 1.38 bits per heavy atom. The highest BCUT2D eigenvalue weighted by atomic mass is 32.2. The summed E-state index contributed by atoms with van der Waals surface area (Å²) in [6.07, 6.45) is -0.416. The quantitative estimate of drug-likeness (QED) is 0.526. The van der Waals surface area contributed by atoms with Crippen LogP contribution in [-0.4, -0.2) is 43.2 Å². The van der Waals surface area contributed by atoms with Crippen LogP contribution in [0, 0.1) is 5.82 Å². The molecule has 1 heterocycles. The zero-order chi connectivity index (χ0) is 21.2. The van der Waals surface area contributed by atoms with Crippen LogP contribution >= 0.6 is 11.3 Å². The fourth-order valence-corrected chi connectivity index (χ4v) is 5.98. The molecule has 0 aliphatic heterocycles. The van der Waals surface area contributed by atoms with E-state index in [1.54, 1.807) is 0 Å². The standard InChI is InChI=1S/C18H20FN3O5S2/c1-22(9-15(23)11-5-7-12(19)8-6-11)29(25,26)16-10-28-17-13(16)3-2-4-14(17)21-27-18(20)24/h5-8,10,15,23H,2-4,9H2,1H3,(H2,20,24). The number of hydrogen-bond acceptors (Lipinski definition) is 7. The number of carbonyl (C=O) groups excluding carboxylic acids is 1. The Morgan fingerprint density at radius 2 is 2.07 bits per heavy atom. The molecule has 0 radical (unpaired) electrons. The number of nitrogens with zero attached hydrogens (tertiary/aromatic N) is 2. The zero-order valence-corrected chi connectivity index (χ0v) is 17.2.